The second kappa shape index (κ2) is 9.93. The Kier molecular flexibility index (Phi) is 7.08. The predicted molar refractivity (Wildman–Crippen MR) is 113 cm³/mol. The van der Waals surface area contributed by atoms with E-state index in [9.17, 15) is 14.7 Å². The number of amides is 2. The van der Waals surface area contributed by atoms with Crippen LogP contribution in [0.25, 0.3) is 0 Å². The molecule has 0 atom stereocenters. The number of benzene rings is 2. The third kappa shape index (κ3) is 5.71. The minimum atomic E-state index is -0.223. The number of anilines is 2. The molecule has 1 aliphatic heterocycles. The number of nitrogens with one attached hydrogen (secondary N) is 3. The van der Waals surface area contributed by atoms with Gasteiger partial charge in [-0.1, -0.05) is 37.3 Å². The minimum absolute atomic E-state index is 0.0336. The molecule has 0 bridgehead atoms. The quantitative estimate of drug-likeness (QED) is 0.545. The molecule has 29 heavy (non-hydrogen) atoms. The van der Waals surface area contributed by atoms with Gasteiger partial charge in [0.25, 0.3) is 5.91 Å². The molecule has 0 unspecified atom stereocenters. The molecule has 2 aromatic rings. The van der Waals surface area contributed by atoms with E-state index in [1.54, 1.807) is 6.07 Å². The number of carbonyl (C=O) groups is 2. The number of carbonyl (C=O) groups excluding carboxylic acids is 2. The molecule has 1 fully saturated rings. The van der Waals surface area contributed by atoms with E-state index in [0.29, 0.717) is 6.54 Å². The van der Waals surface area contributed by atoms with Crippen LogP contribution in [0.5, 0.6) is 5.75 Å². The highest BCUT2D eigenvalue weighted by Crippen LogP contribution is 2.25. The first-order chi connectivity index (χ1) is 14.1. The summed E-state index contributed by atoms with van der Waals surface area (Å²) in [5, 5.41) is 15.6. The van der Waals surface area contributed by atoms with Gasteiger partial charge >= 0.3 is 0 Å². The second-order valence-corrected chi connectivity index (χ2v) is 7.24. The van der Waals surface area contributed by atoms with E-state index in [1.807, 2.05) is 49.4 Å². The van der Waals surface area contributed by atoms with Crippen molar-refractivity contribution in [2.45, 2.75) is 13.3 Å². The largest absolute Gasteiger partial charge is 0.506 e. The fourth-order valence-electron chi connectivity index (χ4n) is 3.59. The van der Waals surface area contributed by atoms with Crippen LogP contribution in [0.1, 0.15) is 12.5 Å². The summed E-state index contributed by atoms with van der Waals surface area (Å²) >= 11 is 0. The average Bonchev–Trinajstić information content (AvgIpc) is 2.74. The molecule has 7 nitrogen and oxygen atoms in total. The normalized spacial score (nSPS) is 14.4. The molecule has 0 spiro atoms. The Hall–Kier alpha value is -3.06. The highest BCUT2D eigenvalue weighted by atomic mass is 16.3. The molecule has 1 heterocycles. The second-order valence-electron chi connectivity index (χ2n) is 7.24. The van der Waals surface area contributed by atoms with Crippen molar-refractivity contribution in [3.63, 3.8) is 0 Å². The smallest absolute Gasteiger partial charge is 0.275 e. The van der Waals surface area contributed by atoms with Gasteiger partial charge in [0.1, 0.15) is 5.75 Å². The van der Waals surface area contributed by atoms with Crippen LogP contribution in [0.4, 0.5) is 11.4 Å². The van der Waals surface area contributed by atoms with Gasteiger partial charge in [-0.15, -0.1) is 0 Å². The van der Waals surface area contributed by atoms with E-state index in [-0.39, 0.29) is 24.1 Å². The number of hydrogen-bond donors (Lipinski definition) is 4. The fourth-order valence-corrected chi connectivity index (χ4v) is 3.59. The SMILES string of the molecule is CCc1ccccc1NC(=O)CNC(=O)C[NH+]1CCN(c2ccccc2O)CC1. The van der Waals surface area contributed by atoms with Gasteiger partial charge in [0, 0.05) is 5.69 Å². The number of aryl methyl sites for hydroxylation is 1. The van der Waals surface area contributed by atoms with E-state index in [0.717, 1.165) is 49.5 Å². The van der Waals surface area contributed by atoms with E-state index >= 15 is 0 Å². The van der Waals surface area contributed by atoms with Gasteiger partial charge in [-0.25, -0.2) is 0 Å². The molecular formula is C22H29N4O3+. The number of phenols is 1. The van der Waals surface area contributed by atoms with Crippen LogP contribution < -0.4 is 20.4 Å². The lowest BCUT2D eigenvalue weighted by molar-refractivity contribution is -0.892. The Labute approximate surface area is 171 Å². The number of piperazine rings is 1. The first-order valence-electron chi connectivity index (χ1n) is 10.1. The van der Waals surface area contributed by atoms with Crippen molar-refractivity contribution < 1.29 is 19.6 Å². The topological polar surface area (TPSA) is 86.1 Å². The van der Waals surface area contributed by atoms with Crippen LogP contribution in [0.15, 0.2) is 48.5 Å². The van der Waals surface area contributed by atoms with Crippen LogP contribution in [0.3, 0.4) is 0 Å². The molecular weight excluding hydrogens is 368 g/mol. The van der Waals surface area contributed by atoms with Crippen molar-refractivity contribution in [2.75, 3.05) is 49.5 Å². The number of nitrogens with zero attached hydrogens (tertiary/aromatic N) is 1. The molecule has 1 aliphatic rings. The van der Waals surface area contributed by atoms with Crippen molar-refractivity contribution in [3.05, 3.63) is 54.1 Å². The van der Waals surface area contributed by atoms with Gasteiger partial charge in [-0.2, -0.15) is 0 Å². The van der Waals surface area contributed by atoms with Crippen LogP contribution >= 0.6 is 0 Å². The molecule has 154 valence electrons. The molecule has 3 rings (SSSR count). The predicted octanol–water partition coefficient (Wildman–Crippen LogP) is 0.414. The maximum absolute atomic E-state index is 12.2. The van der Waals surface area contributed by atoms with Gasteiger partial charge in [-0.3, -0.25) is 9.59 Å². The molecule has 0 aromatic heterocycles. The molecule has 7 heteroatoms. The molecule has 1 saturated heterocycles. The number of hydrogen-bond acceptors (Lipinski definition) is 4. The van der Waals surface area contributed by atoms with Crippen molar-refractivity contribution in [1.82, 2.24) is 5.32 Å². The minimum Gasteiger partial charge on any atom is -0.506 e. The number of para-hydroxylation sites is 3. The highest BCUT2D eigenvalue weighted by Gasteiger charge is 2.23. The summed E-state index contributed by atoms with van der Waals surface area (Å²) in [6.07, 6.45) is 0.832. The summed E-state index contributed by atoms with van der Waals surface area (Å²) in [7, 11) is 0. The van der Waals surface area contributed by atoms with Gasteiger partial charge in [0.2, 0.25) is 5.91 Å². The zero-order valence-corrected chi connectivity index (χ0v) is 16.8. The van der Waals surface area contributed by atoms with Crippen LogP contribution in [0, 0.1) is 0 Å². The average molecular weight is 397 g/mol. The Morgan fingerprint density at radius 1 is 1.03 bits per heavy atom. The van der Waals surface area contributed by atoms with Gasteiger partial charge in [0.05, 0.1) is 38.4 Å². The Bertz CT molecular complexity index is 847. The summed E-state index contributed by atoms with van der Waals surface area (Å²) in [5.41, 5.74) is 2.69. The summed E-state index contributed by atoms with van der Waals surface area (Å²) in [5.74, 6) is -0.0714. The molecule has 0 aliphatic carbocycles. The molecule has 2 amide bonds. The number of rotatable bonds is 7. The van der Waals surface area contributed by atoms with E-state index in [4.69, 9.17) is 0 Å². The zero-order chi connectivity index (χ0) is 20.6. The highest BCUT2D eigenvalue weighted by molar-refractivity contribution is 5.95. The molecule has 0 saturated carbocycles. The maximum atomic E-state index is 12.2. The summed E-state index contributed by atoms with van der Waals surface area (Å²) in [4.78, 5) is 27.7. The first-order valence-corrected chi connectivity index (χ1v) is 10.1. The third-order valence-electron chi connectivity index (χ3n) is 5.22. The lowest BCUT2D eigenvalue weighted by Gasteiger charge is -2.33. The monoisotopic (exact) mass is 397 g/mol. The van der Waals surface area contributed by atoms with Gasteiger partial charge in [-0.05, 0) is 30.2 Å². The Morgan fingerprint density at radius 2 is 1.72 bits per heavy atom. The van der Waals surface area contributed by atoms with E-state index < -0.39 is 0 Å². The van der Waals surface area contributed by atoms with Crippen molar-refractivity contribution in [2.24, 2.45) is 0 Å². The molecule has 0 radical (unpaired) electrons. The van der Waals surface area contributed by atoms with Crippen LogP contribution in [-0.2, 0) is 16.0 Å². The maximum Gasteiger partial charge on any atom is 0.275 e. The van der Waals surface area contributed by atoms with Gasteiger partial charge < -0.3 is 25.5 Å². The summed E-state index contributed by atoms with van der Waals surface area (Å²) in [6.45, 7) is 5.49. The lowest BCUT2D eigenvalue weighted by Crippen LogP contribution is -3.16. The summed E-state index contributed by atoms with van der Waals surface area (Å²) in [6, 6.07) is 15.0. The fraction of sp³-hybridized carbons (Fsp3) is 0.364. The van der Waals surface area contributed by atoms with Crippen molar-refractivity contribution in [1.29, 1.82) is 0 Å². The number of aromatic hydroxyl groups is 1. The standard InChI is InChI=1S/C22H28N4O3/c1-2-17-7-3-4-8-18(17)24-21(28)15-23-22(29)16-25-11-13-26(14-12-25)19-9-5-6-10-20(19)27/h3-10,27H,2,11-16H2,1H3,(H,23,29)(H,24,28)/p+1. The van der Waals surface area contributed by atoms with E-state index in [1.165, 1.54) is 4.90 Å². The first kappa shape index (κ1) is 20.7. The van der Waals surface area contributed by atoms with Crippen LogP contribution in [-0.4, -0.2) is 56.2 Å². The Morgan fingerprint density at radius 3 is 2.45 bits per heavy atom. The summed E-state index contributed by atoms with van der Waals surface area (Å²) < 4.78 is 0. The third-order valence-corrected chi connectivity index (χ3v) is 5.22. The van der Waals surface area contributed by atoms with E-state index in [2.05, 4.69) is 15.5 Å². The lowest BCUT2D eigenvalue weighted by atomic mass is 10.1. The number of quaternary nitrogens is 1. The zero-order valence-electron chi connectivity index (χ0n) is 16.8. The van der Waals surface area contributed by atoms with Gasteiger partial charge in [0.15, 0.2) is 6.54 Å². The van der Waals surface area contributed by atoms with Crippen LogP contribution in [0.2, 0.25) is 0 Å². The molecule has 4 N–H and O–H groups in total. The number of phenolic OH excluding ortho intramolecular Hbond substituents is 1. The molecule has 2 aromatic carbocycles. The van der Waals surface area contributed by atoms with Crippen molar-refractivity contribution in [3.8, 4) is 5.75 Å². The Balaban J connectivity index is 1.40. The van der Waals surface area contributed by atoms with Crippen molar-refractivity contribution >= 4 is 23.2 Å².